The summed E-state index contributed by atoms with van der Waals surface area (Å²) >= 11 is 0. The Morgan fingerprint density at radius 2 is 1.72 bits per heavy atom. The van der Waals surface area contributed by atoms with Gasteiger partial charge in [-0.05, 0) is 47.6 Å². The first-order valence-corrected chi connectivity index (χ1v) is 7.74. The average molecular weight is 330 g/mol. The fraction of sp³-hybridized carbons (Fsp3) is 0. The highest BCUT2D eigenvalue weighted by Gasteiger charge is 2.07. The molecule has 2 aliphatic rings. The van der Waals surface area contributed by atoms with Gasteiger partial charge in [0, 0.05) is 5.69 Å². The van der Waals surface area contributed by atoms with Gasteiger partial charge in [-0.1, -0.05) is 36.4 Å². The average Bonchev–Trinajstić information content (AvgIpc) is 2.62. The Balaban J connectivity index is 1.68. The van der Waals surface area contributed by atoms with Crippen molar-refractivity contribution >= 4 is 23.7 Å². The Morgan fingerprint density at radius 3 is 2.40 bits per heavy atom. The van der Waals surface area contributed by atoms with Crippen LogP contribution >= 0.6 is 0 Å². The highest BCUT2D eigenvalue weighted by molar-refractivity contribution is 6.03. The largest absolute Gasteiger partial charge is 0.399 e. The number of rotatable bonds is 3. The number of allylic oxidation sites excluding steroid dienone is 9. The molecule has 0 spiro atoms. The number of hydrogen-bond donors (Lipinski definition) is 3. The van der Waals surface area contributed by atoms with Crippen LogP contribution in [0.5, 0.6) is 0 Å². The fourth-order valence-electron chi connectivity index (χ4n) is 2.20. The topological polar surface area (TPSA) is 85.7 Å². The first kappa shape index (κ1) is 16.4. The summed E-state index contributed by atoms with van der Waals surface area (Å²) < 4.78 is 0. The number of nitrogen functional groups attached to an aromatic ring is 1. The van der Waals surface area contributed by atoms with Crippen molar-refractivity contribution in [3.05, 3.63) is 95.5 Å². The van der Waals surface area contributed by atoms with Crippen LogP contribution in [0.4, 0.5) is 5.69 Å². The third-order valence-corrected chi connectivity index (χ3v) is 3.61. The zero-order valence-electron chi connectivity index (χ0n) is 13.5. The zero-order valence-corrected chi connectivity index (χ0v) is 13.5. The highest BCUT2D eigenvalue weighted by Crippen LogP contribution is 2.15. The van der Waals surface area contributed by atoms with Crippen LogP contribution in [0.3, 0.4) is 0 Å². The second-order valence-electron chi connectivity index (χ2n) is 5.54. The lowest BCUT2D eigenvalue weighted by atomic mass is 10.1. The van der Waals surface area contributed by atoms with Gasteiger partial charge in [0.1, 0.15) is 0 Å². The molecular formula is C20H18N4O. The molecule has 0 radical (unpaired) electrons. The molecular weight excluding hydrogens is 312 g/mol. The van der Waals surface area contributed by atoms with Crippen LogP contribution in [0.25, 0.3) is 6.08 Å². The maximum absolute atomic E-state index is 10.1. The van der Waals surface area contributed by atoms with Crippen LogP contribution in [0.1, 0.15) is 5.56 Å². The lowest BCUT2D eigenvalue weighted by molar-refractivity contribution is 0.00229. The van der Waals surface area contributed by atoms with Gasteiger partial charge in [-0.3, -0.25) is 10.2 Å². The van der Waals surface area contributed by atoms with Gasteiger partial charge >= 0.3 is 0 Å². The van der Waals surface area contributed by atoms with E-state index in [9.17, 15) is 5.21 Å². The monoisotopic (exact) mass is 330 g/mol. The van der Waals surface area contributed by atoms with Gasteiger partial charge in [0.15, 0.2) is 0 Å². The smallest absolute Gasteiger partial charge is 0.0869 e. The molecule has 0 bridgehead atoms. The first-order chi connectivity index (χ1) is 12.1. The standard InChI is InChI=1S/C20H18N4O/c21-17-7-1-15(2-8-17)5-11-19-14-24(25)20(13-23-19)12-6-16-3-9-18(22)10-4-16/h1-14,22,25H,21H2/b11-5?,16-6?,20-12+,22-18?. The number of nitrogens with one attached hydrogen (secondary N) is 1. The van der Waals surface area contributed by atoms with Crippen molar-refractivity contribution in [2.75, 3.05) is 5.73 Å². The molecule has 0 atom stereocenters. The molecule has 0 amide bonds. The molecule has 3 rings (SSSR count). The lowest BCUT2D eigenvalue weighted by Gasteiger charge is -2.16. The molecule has 1 aromatic rings. The third kappa shape index (κ3) is 4.53. The molecule has 0 unspecified atom stereocenters. The summed E-state index contributed by atoms with van der Waals surface area (Å²) in [4.78, 5) is 4.32. The van der Waals surface area contributed by atoms with Gasteiger partial charge in [0.2, 0.25) is 0 Å². The highest BCUT2D eigenvalue weighted by atomic mass is 16.5. The quantitative estimate of drug-likeness (QED) is 0.736. The van der Waals surface area contributed by atoms with Gasteiger partial charge in [0.05, 0.1) is 29.5 Å². The Hall–Kier alpha value is -3.44. The summed E-state index contributed by atoms with van der Waals surface area (Å²) in [6.45, 7) is 0. The number of hydrogen-bond acceptors (Lipinski definition) is 5. The molecule has 1 heterocycles. The Kier molecular flexibility index (Phi) is 4.87. The predicted molar refractivity (Wildman–Crippen MR) is 102 cm³/mol. The molecule has 25 heavy (non-hydrogen) atoms. The lowest BCUT2D eigenvalue weighted by Crippen LogP contribution is -2.16. The van der Waals surface area contributed by atoms with Crippen molar-refractivity contribution in [2.45, 2.75) is 0 Å². The molecule has 1 aromatic carbocycles. The van der Waals surface area contributed by atoms with Crippen molar-refractivity contribution < 1.29 is 5.21 Å². The van der Waals surface area contributed by atoms with E-state index in [2.05, 4.69) is 4.99 Å². The van der Waals surface area contributed by atoms with Crippen LogP contribution in [-0.4, -0.2) is 22.2 Å². The summed E-state index contributed by atoms with van der Waals surface area (Å²) in [5, 5.41) is 18.6. The van der Waals surface area contributed by atoms with Crippen molar-refractivity contribution in [3.63, 3.8) is 0 Å². The summed E-state index contributed by atoms with van der Waals surface area (Å²) in [5.74, 6) is 0. The predicted octanol–water partition coefficient (Wildman–Crippen LogP) is 3.86. The van der Waals surface area contributed by atoms with Crippen LogP contribution in [0.2, 0.25) is 0 Å². The minimum absolute atomic E-state index is 0.466. The fourth-order valence-corrected chi connectivity index (χ4v) is 2.20. The number of benzene rings is 1. The van der Waals surface area contributed by atoms with Crippen molar-refractivity contribution in [1.82, 2.24) is 5.06 Å². The number of aliphatic imine (C=N–C) groups is 1. The van der Waals surface area contributed by atoms with Crippen LogP contribution in [-0.2, 0) is 0 Å². The summed E-state index contributed by atoms with van der Waals surface area (Å²) in [6, 6.07) is 7.50. The van der Waals surface area contributed by atoms with E-state index >= 15 is 0 Å². The van der Waals surface area contributed by atoms with Crippen LogP contribution in [0.15, 0.2) is 95.0 Å². The minimum atomic E-state index is 0.466. The molecule has 0 saturated carbocycles. The Labute approximate surface area is 146 Å². The van der Waals surface area contributed by atoms with E-state index in [0.717, 1.165) is 21.9 Å². The molecule has 0 aromatic heterocycles. The normalized spacial score (nSPS) is 18.4. The number of nitrogens with zero attached hydrogens (tertiary/aromatic N) is 2. The van der Waals surface area contributed by atoms with E-state index < -0.39 is 0 Å². The molecule has 124 valence electrons. The van der Waals surface area contributed by atoms with Gasteiger partial charge in [-0.2, -0.15) is 0 Å². The Morgan fingerprint density at radius 1 is 1.00 bits per heavy atom. The minimum Gasteiger partial charge on any atom is -0.399 e. The summed E-state index contributed by atoms with van der Waals surface area (Å²) in [7, 11) is 0. The Bertz CT molecular complexity index is 863. The number of hydroxylamine groups is 2. The van der Waals surface area contributed by atoms with Gasteiger partial charge in [0.25, 0.3) is 0 Å². The molecule has 0 fully saturated rings. The zero-order chi connectivity index (χ0) is 17.6. The number of anilines is 1. The molecule has 4 N–H and O–H groups in total. The second kappa shape index (κ2) is 7.42. The SMILES string of the molecule is N=C1C=CC(=C/C=C2\C=NC(C=Cc3ccc(N)cc3)=CN2O)C=C1. The van der Waals surface area contributed by atoms with Crippen LogP contribution in [0, 0.1) is 5.41 Å². The van der Waals surface area contributed by atoms with Gasteiger partial charge in [-0.25, -0.2) is 5.06 Å². The molecule has 1 aliphatic carbocycles. The van der Waals surface area contributed by atoms with E-state index in [1.165, 1.54) is 0 Å². The number of nitrogens with two attached hydrogens (primary N) is 1. The maximum atomic E-state index is 10.1. The molecule has 0 saturated heterocycles. The van der Waals surface area contributed by atoms with Gasteiger partial charge in [-0.15, -0.1) is 0 Å². The van der Waals surface area contributed by atoms with E-state index in [1.54, 1.807) is 30.6 Å². The van der Waals surface area contributed by atoms with Crippen LogP contribution < -0.4 is 5.73 Å². The van der Waals surface area contributed by atoms with E-state index in [0.29, 0.717) is 17.1 Å². The van der Waals surface area contributed by atoms with Crippen molar-refractivity contribution in [1.29, 1.82) is 5.41 Å². The second-order valence-corrected chi connectivity index (χ2v) is 5.54. The summed E-state index contributed by atoms with van der Waals surface area (Å²) in [6.07, 6.45) is 17.6. The van der Waals surface area contributed by atoms with Crippen molar-refractivity contribution in [2.24, 2.45) is 4.99 Å². The summed E-state index contributed by atoms with van der Waals surface area (Å²) in [5.41, 5.74) is 9.98. The van der Waals surface area contributed by atoms with E-state index in [-0.39, 0.29) is 0 Å². The molecule has 5 nitrogen and oxygen atoms in total. The van der Waals surface area contributed by atoms with E-state index in [1.807, 2.05) is 54.6 Å². The first-order valence-electron chi connectivity index (χ1n) is 7.74. The molecule has 5 heteroatoms. The van der Waals surface area contributed by atoms with E-state index in [4.69, 9.17) is 11.1 Å². The van der Waals surface area contributed by atoms with Crippen molar-refractivity contribution in [3.8, 4) is 0 Å². The third-order valence-electron chi connectivity index (χ3n) is 3.61. The maximum Gasteiger partial charge on any atom is 0.0869 e. The van der Waals surface area contributed by atoms with Gasteiger partial charge < -0.3 is 11.1 Å². The molecule has 1 aliphatic heterocycles.